The Morgan fingerprint density at radius 3 is 2.85 bits per heavy atom. The molecule has 1 aliphatic carbocycles. The Morgan fingerprint density at radius 1 is 1.40 bits per heavy atom. The highest BCUT2D eigenvalue weighted by molar-refractivity contribution is 5.96. The first-order valence-corrected chi connectivity index (χ1v) is 6.85. The van der Waals surface area contributed by atoms with Gasteiger partial charge in [-0.2, -0.15) is 0 Å². The summed E-state index contributed by atoms with van der Waals surface area (Å²) in [5.74, 6) is 0. The van der Waals surface area contributed by atoms with Crippen molar-refractivity contribution in [1.82, 2.24) is 4.98 Å². The zero-order valence-electron chi connectivity index (χ0n) is 11.4. The third-order valence-corrected chi connectivity index (χ3v) is 4.21. The maximum absolute atomic E-state index is 11.0. The molecule has 1 fully saturated rings. The van der Waals surface area contributed by atoms with E-state index in [0.29, 0.717) is 10.9 Å². The molecule has 5 heteroatoms. The molecule has 20 heavy (non-hydrogen) atoms. The summed E-state index contributed by atoms with van der Waals surface area (Å²) in [5, 5.41) is 15.3. The Kier molecular flexibility index (Phi) is 3.04. The minimum atomic E-state index is -0.383. The Morgan fingerprint density at radius 2 is 2.20 bits per heavy atom. The number of nitro groups is 1. The van der Waals surface area contributed by atoms with Crippen molar-refractivity contribution in [3.63, 3.8) is 0 Å². The highest BCUT2D eigenvalue weighted by atomic mass is 16.6. The van der Waals surface area contributed by atoms with Crippen LogP contribution in [0.15, 0.2) is 30.5 Å². The van der Waals surface area contributed by atoms with Gasteiger partial charge in [0.25, 0.3) is 5.69 Å². The molecule has 0 unspecified atom stereocenters. The van der Waals surface area contributed by atoms with E-state index in [4.69, 9.17) is 0 Å². The molecule has 2 aromatic rings. The summed E-state index contributed by atoms with van der Waals surface area (Å²) in [7, 11) is 0. The topological polar surface area (TPSA) is 68.1 Å². The minimum absolute atomic E-state index is 0.0565. The lowest BCUT2D eigenvalue weighted by Crippen LogP contribution is -2.33. The first-order valence-electron chi connectivity index (χ1n) is 6.85. The van der Waals surface area contributed by atoms with Crippen LogP contribution < -0.4 is 5.32 Å². The highest BCUT2D eigenvalue weighted by Crippen LogP contribution is 2.40. The van der Waals surface area contributed by atoms with Crippen LogP contribution in [0.2, 0.25) is 0 Å². The molecule has 0 spiro atoms. The second kappa shape index (κ2) is 4.74. The van der Waals surface area contributed by atoms with E-state index in [1.54, 1.807) is 12.3 Å². The standard InChI is InChI=1S/C15H17N3O2/c1-15(7-3-8-15)10-17-12-5-6-13(18(19)20)14-11(12)4-2-9-16-14/h2,4-6,9,17H,3,7-8,10H2,1H3. The molecule has 0 radical (unpaired) electrons. The van der Waals surface area contributed by atoms with Crippen molar-refractivity contribution in [1.29, 1.82) is 0 Å². The number of hydrogen-bond donors (Lipinski definition) is 1. The summed E-state index contributed by atoms with van der Waals surface area (Å²) in [6, 6.07) is 6.99. The summed E-state index contributed by atoms with van der Waals surface area (Å²) < 4.78 is 0. The number of hydrogen-bond acceptors (Lipinski definition) is 4. The van der Waals surface area contributed by atoms with E-state index in [1.165, 1.54) is 25.3 Å². The van der Waals surface area contributed by atoms with E-state index < -0.39 is 0 Å². The van der Waals surface area contributed by atoms with Crippen LogP contribution in [-0.4, -0.2) is 16.5 Å². The molecule has 1 N–H and O–H groups in total. The molecule has 0 atom stereocenters. The molecular weight excluding hydrogens is 254 g/mol. The average molecular weight is 271 g/mol. The molecule has 0 aliphatic heterocycles. The average Bonchev–Trinajstić information content (AvgIpc) is 2.42. The van der Waals surface area contributed by atoms with E-state index in [-0.39, 0.29) is 10.6 Å². The van der Waals surface area contributed by atoms with Gasteiger partial charge in [-0.05, 0) is 36.5 Å². The normalized spacial score (nSPS) is 16.6. The van der Waals surface area contributed by atoms with Crippen LogP contribution in [0.3, 0.4) is 0 Å². The molecule has 0 bridgehead atoms. The van der Waals surface area contributed by atoms with Gasteiger partial charge in [0, 0.05) is 29.9 Å². The van der Waals surface area contributed by atoms with Crippen LogP contribution >= 0.6 is 0 Å². The van der Waals surface area contributed by atoms with Crippen molar-refractivity contribution in [3.05, 3.63) is 40.6 Å². The fourth-order valence-electron chi connectivity index (χ4n) is 2.72. The third-order valence-electron chi connectivity index (χ3n) is 4.21. The fraction of sp³-hybridized carbons (Fsp3) is 0.400. The molecule has 104 valence electrons. The van der Waals surface area contributed by atoms with E-state index >= 15 is 0 Å². The van der Waals surface area contributed by atoms with Crippen LogP contribution in [0, 0.1) is 15.5 Å². The van der Waals surface area contributed by atoms with Gasteiger partial charge in [-0.15, -0.1) is 0 Å². The number of pyridine rings is 1. The van der Waals surface area contributed by atoms with Crippen molar-refractivity contribution in [2.75, 3.05) is 11.9 Å². The molecule has 3 rings (SSSR count). The second-order valence-corrected chi connectivity index (χ2v) is 5.81. The van der Waals surface area contributed by atoms with Crippen LogP contribution in [-0.2, 0) is 0 Å². The fourth-order valence-corrected chi connectivity index (χ4v) is 2.72. The SMILES string of the molecule is CC1(CNc2ccc([N+](=O)[O-])c3ncccc23)CCC1. The van der Waals surface area contributed by atoms with Crippen molar-refractivity contribution in [3.8, 4) is 0 Å². The molecule has 1 heterocycles. The van der Waals surface area contributed by atoms with Crippen molar-refractivity contribution >= 4 is 22.3 Å². The van der Waals surface area contributed by atoms with Gasteiger partial charge < -0.3 is 5.32 Å². The summed E-state index contributed by atoms with van der Waals surface area (Å²) in [4.78, 5) is 14.8. The van der Waals surface area contributed by atoms with E-state index in [1.807, 2.05) is 12.1 Å². The number of aromatic nitrogens is 1. The van der Waals surface area contributed by atoms with Gasteiger partial charge in [0.1, 0.15) is 5.52 Å². The highest BCUT2D eigenvalue weighted by Gasteiger charge is 2.31. The number of nitrogens with one attached hydrogen (secondary N) is 1. The Hall–Kier alpha value is -2.17. The summed E-state index contributed by atoms with van der Waals surface area (Å²) >= 11 is 0. The van der Waals surface area contributed by atoms with Crippen LogP contribution in [0.4, 0.5) is 11.4 Å². The number of anilines is 1. The van der Waals surface area contributed by atoms with Gasteiger partial charge in [-0.3, -0.25) is 10.1 Å². The Balaban J connectivity index is 1.95. The molecule has 1 aliphatic rings. The van der Waals surface area contributed by atoms with Gasteiger partial charge in [-0.1, -0.05) is 13.3 Å². The van der Waals surface area contributed by atoms with E-state index in [2.05, 4.69) is 17.2 Å². The Labute approximate surface area is 117 Å². The number of nitro benzene ring substituents is 1. The number of benzene rings is 1. The second-order valence-electron chi connectivity index (χ2n) is 5.81. The zero-order chi connectivity index (χ0) is 14.2. The molecule has 1 aromatic heterocycles. The van der Waals surface area contributed by atoms with Gasteiger partial charge in [0.05, 0.1) is 4.92 Å². The van der Waals surface area contributed by atoms with Gasteiger partial charge >= 0.3 is 0 Å². The van der Waals surface area contributed by atoms with Crippen molar-refractivity contribution in [2.45, 2.75) is 26.2 Å². The maximum atomic E-state index is 11.0. The molecule has 1 aromatic carbocycles. The smallest absolute Gasteiger partial charge is 0.295 e. The third kappa shape index (κ3) is 2.19. The predicted molar refractivity (Wildman–Crippen MR) is 78.8 cm³/mol. The maximum Gasteiger partial charge on any atom is 0.295 e. The van der Waals surface area contributed by atoms with E-state index in [0.717, 1.165) is 17.6 Å². The molecule has 0 amide bonds. The lowest BCUT2D eigenvalue weighted by atomic mass is 9.70. The lowest BCUT2D eigenvalue weighted by Gasteiger charge is -2.38. The number of fused-ring (bicyclic) bond motifs is 1. The molecule has 0 saturated heterocycles. The number of rotatable bonds is 4. The summed E-state index contributed by atoms with van der Waals surface area (Å²) in [6.45, 7) is 3.17. The first-order chi connectivity index (χ1) is 9.59. The molecule has 5 nitrogen and oxygen atoms in total. The summed E-state index contributed by atoms with van der Waals surface area (Å²) in [6.07, 6.45) is 5.36. The van der Waals surface area contributed by atoms with E-state index in [9.17, 15) is 10.1 Å². The lowest BCUT2D eigenvalue weighted by molar-refractivity contribution is -0.383. The first kappa shape index (κ1) is 12.8. The van der Waals surface area contributed by atoms with Crippen LogP contribution in [0.1, 0.15) is 26.2 Å². The summed E-state index contributed by atoms with van der Waals surface area (Å²) in [5.41, 5.74) is 1.78. The van der Waals surface area contributed by atoms with Gasteiger partial charge in [-0.25, -0.2) is 4.98 Å². The molecular formula is C15H17N3O2. The number of non-ortho nitro benzene ring substituents is 1. The predicted octanol–water partition coefficient (Wildman–Crippen LogP) is 3.75. The largest absolute Gasteiger partial charge is 0.384 e. The van der Waals surface area contributed by atoms with Crippen molar-refractivity contribution in [2.24, 2.45) is 5.41 Å². The van der Waals surface area contributed by atoms with Crippen LogP contribution in [0.5, 0.6) is 0 Å². The quantitative estimate of drug-likeness (QED) is 0.679. The van der Waals surface area contributed by atoms with Crippen molar-refractivity contribution < 1.29 is 4.92 Å². The van der Waals surface area contributed by atoms with Gasteiger partial charge in [0.15, 0.2) is 0 Å². The Bertz CT molecular complexity index is 665. The number of nitrogens with zero attached hydrogens (tertiary/aromatic N) is 2. The minimum Gasteiger partial charge on any atom is -0.384 e. The monoisotopic (exact) mass is 271 g/mol. The molecule has 1 saturated carbocycles. The zero-order valence-corrected chi connectivity index (χ0v) is 11.4. The van der Waals surface area contributed by atoms with Gasteiger partial charge in [0.2, 0.25) is 0 Å². The van der Waals surface area contributed by atoms with Crippen LogP contribution in [0.25, 0.3) is 10.9 Å².